The van der Waals surface area contributed by atoms with E-state index in [2.05, 4.69) is 19.8 Å². The van der Waals surface area contributed by atoms with Crippen molar-refractivity contribution in [2.75, 3.05) is 12.8 Å². The lowest BCUT2D eigenvalue weighted by Gasteiger charge is -2.00. The Morgan fingerprint density at radius 3 is 2.89 bits per heavy atom. The van der Waals surface area contributed by atoms with Crippen LogP contribution in [0.2, 0.25) is 0 Å². The number of ether oxygens (including phenoxy) is 1. The molecule has 2 N–H and O–H groups in total. The molecule has 0 aliphatic rings. The summed E-state index contributed by atoms with van der Waals surface area (Å²) < 4.78 is 5.74. The Kier molecular flexibility index (Phi) is 2.89. The fourth-order valence-electron chi connectivity index (χ4n) is 1.33. The van der Waals surface area contributed by atoms with E-state index in [-0.39, 0.29) is 22.9 Å². The predicted molar refractivity (Wildman–Crippen MR) is 59.6 cm³/mol. The maximum Gasteiger partial charge on any atom is 0.360 e. The predicted octanol–water partition coefficient (Wildman–Crippen LogP) is -0.0972. The molecule has 0 radical (unpaired) electrons. The number of aromatic nitrogens is 4. The first-order valence-corrected chi connectivity index (χ1v) is 4.82. The second-order valence-corrected chi connectivity index (χ2v) is 3.21. The van der Waals surface area contributed by atoms with Gasteiger partial charge in [-0.05, 0) is 0 Å². The van der Waals surface area contributed by atoms with Gasteiger partial charge < -0.3 is 10.5 Å². The minimum absolute atomic E-state index is 0.0351. The van der Waals surface area contributed by atoms with E-state index in [0.717, 1.165) is 0 Å². The summed E-state index contributed by atoms with van der Waals surface area (Å²) in [7, 11) is 1.23. The van der Waals surface area contributed by atoms with E-state index in [1.54, 1.807) is 0 Å². The molecule has 0 aliphatic heterocycles. The van der Waals surface area contributed by atoms with E-state index in [4.69, 9.17) is 11.0 Å². The van der Waals surface area contributed by atoms with Crippen LogP contribution >= 0.6 is 0 Å². The van der Waals surface area contributed by atoms with Gasteiger partial charge in [-0.25, -0.2) is 19.4 Å². The number of rotatable bonds is 2. The Labute approximate surface area is 102 Å². The first-order chi connectivity index (χ1) is 8.67. The van der Waals surface area contributed by atoms with E-state index in [0.29, 0.717) is 0 Å². The molecule has 0 unspecified atom stereocenters. The summed E-state index contributed by atoms with van der Waals surface area (Å²) in [6.45, 7) is 0. The highest BCUT2D eigenvalue weighted by Crippen LogP contribution is 2.14. The molecule has 0 atom stereocenters. The van der Waals surface area contributed by atoms with Gasteiger partial charge in [0, 0.05) is 12.4 Å². The molecule has 0 saturated heterocycles. The number of nitriles is 1. The Bertz CT molecular complexity index is 642. The van der Waals surface area contributed by atoms with Crippen LogP contribution in [0.25, 0.3) is 5.82 Å². The summed E-state index contributed by atoms with van der Waals surface area (Å²) in [6, 6.07) is 1.87. The van der Waals surface area contributed by atoms with Crippen molar-refractivity contribution >= 4 is 11.7 Å². The van der Waals surface area contributed by atoms with Crippen LogP contribution in [-0.2, 0) is 4.74 Å². The van der Waals surface area contributed by atoms with Crippen molar-refractivity contribution in [2.24, 2.45) is 0 Å². The van der Waals surface area contributed by atoms with Crippen molar-refractivity contribution in [2.45, 2.75) is 0 Å². The first-order valence-electron chi connectivity index (χ1n) is 4.82. The van der Waals surface area contributed by atoms with E-state index >= 15 is 0 Å². The zero-order chi connectivity index (χ0) is 13.1. The third-order valence-electron chi connectivity index (χ3n) is 2.12. The van der Waals surface area contributed by atoms with Gasteiger partial charge in [0.05, 0.1) is 19.0 Å². The Hall–Kier alpha value is -2.95. The van der Waals surface area contributed by atoms with Gasteiger partial charge in [0.15, 0.2) is 17.2 Å². The average Bonchev–Trinajstić information content (AvgIpc) is 2.79. The highest BCUT2D eigenvalue weighted by molar-refractivity contribution is 5.92. The Balaban J connectivity index is 2.53. The molecule has 2 heterocycles. The van der Waals surface area contributed by atoms with Gasteiger partial charge in [-0.2, -0.15) is 10.4 Å². The summed E-state index contributed by atoms with van der Waals surface area (Å²) in [6.07, 6.45) is 4.17. The Morgan fingerprint density at radius 2 is 2.22 bits per heavy atom. The molecule has 90 valence electrons. The second kappa shape index (κ2) is 4.50. The summed E-state index contributed by atoms with van der Waals surface area (Å²) in [5.41, 5.74) is 5.81. The van der Waals surface area contributed by atoms with Crippen molar-refractivity contribution in [3.63, 3.8) is 0 Å². The number of carbonyl (C=O) groups is 1. The summed E-state index contributed by atoms with van der Waals surface area (Å²) in [5, 5.41) is 12.8. The van der Waals surface area contributed by atoms with Crippen molar-refractivity contribution in [1.82, 2.24) is 19.7 Å². The lowest BCUT2D eigenvalue weighted by Crippen LogP contribution is -2.07. The molecule has 0 saturated carbocycles. The SMILES string of the molecule is COC(=O)c1nn(-c2nccnc2C#N)cc1N. The first kappa shape index (κ1) is 11.5. The normalized spacial score (nSPS) is 9.78. The van der Waals surface area contributed by atoms with Crippen LogP contribution in [-0.4, -0.2) is 32.8 Å². The largest absolute Gasteiger partial charge is 0.464 e. The zero-order valence-corrected chi connectivity index (χ0v) is 9.36. The monoisotopic (exact) mass is 244 g/mol. The minimum atomic E-state index is -0.659. The number of hydrogen-bond acceptors (Lipinski definition) is 7. The van der Waals surface area contributed by atoms with Crippen LogP contribution in [0.5, 0.6) is 0 Å². The molecule has 2 rings (SSSR count). The van der Waals surface area contributed by atoms with Crippen molar-refractivity contribution < 1.29 is 9.53 Å². The summed E-state index contributed by atoms with van der Waals surface area (Å²) in [5.74, 6) is -0.462. The number of esters is 1. The van der Waals surface area contributed by atoms with Gasteiger partial charge in [0.1, 0.15) is 6.07 Å². The van der Waals surface area contributed by atoms with Crippen molar-refractivity contribution in [1.29, 1.82) is 5.26 Å². The van der Waals surface area contributed by atoms with E-state index < -0.39 is 5.97 Å². The molecule has 2 aromatic heterocycles. The van der Waals surface area contributed by atoms with Crippen molar-refractivity contribution in [3.8, 4) is 11.9 Å². The summed E-state index contributed by atoms with van der Waals surface area (Å²) in [4.78, 5) is 19.2. The van der Waals surface area contributed by atoms with Crippen LogP contribution in [0, 0.1) is 11.3 Å². The molecule has 0 fully saturated rings. The number of nitrogens with zero attached hydrogens (tertiary/aromatic N) is 5. The molecular weight excluding hydrogens is 236 g/mol. The van der Waals surface area contributed by atoms with Crippen LogP contribution in [0.1, 0.15) is 16.2 Å². The van der Waals surface area contributed by atoms with Crippen LogP contribution in [0.15, 0.2) is 18.6 Å². The van der Waals surface area contributed by atoms with Gasteiger partial charge in [-0.15, -0.1) is 0 Å². The third-order valence-corrected chi connectivity index (χ3v) is 2.12. The highest BCUT2D eigenvalue weighted by Gasteiger charge is 2.17. The third kappa shape index (κ3) is 1.84. The average molecular weight is 244 g/mol. The number of carbonyl (C=O) groups excluding carboxylic acids is 1. The number of nitrogens with two attached hydrogens (primary N) is 1. The minimum Gasteiger partial charge on any atom is -0.464 e. The van der Waals surface area contributed by atoms with Gasteiger partial charge in [0.2, 0.25) is 0 Å². The standard InChI is InChI=1S/C10H8N6O2/c1-18-10(17)8-6(12)5-16(15-8)9-7(4-11)13-2-3-14-9/h2-3,5H,12H2,1H3. The number of methoxy groups -OCH3 is 1. The molecule has 18 heavy (non-hydrogen) atoms. The number of hydrogen-bond donors (Lipinski definition) is 1. The number of nitrogen functional groups attached to an aromatic ring is 1. The topological polar surface area (TPSA) is 120 Å². The maximum atomic E-state index is 11.4. The second-order valence-electron chi connectivity index (χ2n) is 3.21. The molecule has 8 nitrogen and oxygen atoms in total. The molecule has 0 spiro atoms. The van der Waals surface area contributed by atoms with E-state index in [1.165, 1.54) is 30.4 Å². The van der Waals surface area contributed by atoms with E-state index in [9.17, 15) is 4.79 Å². The fraction of sp³-hybridized carbons (Fsp3) is 0.100. The number of anilines is 1. The quantitative estimate of drug-likeness (QED) is 0.732. The molecule has 2 aromatic rings. The summed E-state index contributed by atoms with van der Waals surface area (Å²) >= 11 is 0. The van der Waals surface area contributed by atoms with E-state index in [1.807, 2.05) is 6.07 Å². The van der Waals surface area contributed by atoms with Gasteiger partial charge in [-0.1, -0.05) is 0 Å². The van der Waals surface area contributed by atoms with Crippen LogP contribution < -0.4 is 5.73 Å². The highest BCUT2D eigenvalue weighted by atomic mass is 16.5. The van der Waals surface area contributed by atoms with Crippen molar-refractivity contribution in [3.05, 3.63) is 30.0 Å². The van der Waals surface area contributed by atoms with Crippen LogP contribution in [0.3, 0.4) is 0 Å². The molecule has 0 aliphatic carbocycles. The molecule has 0 aromatic carbocycles. The van der Waals surface area contributed by atoms with Gasteiger partial charge >= 0.3 is 5.97 Å². The molecule has 0 bridgehead atoms. The van der Waals surface area contributed by atoms with Crippen LogP contribution in [0.4, 0.5) is 5.69 Å². The molecule has 0 amide bonds. The van der Waals surface area contributed by atoms with Gasteiger partial charge in [0.25, 0.3) is 0 Å². The lowest BCUT2D eigenvalue weighted by molar-refractivity contribution is 0.0594. The lowest BCUT2D eigenvalue weighted by atomic mass is 10.4. The van der Waals surface area contributed by atoms with Gasteiger partial charge in [-0.3, -0.25) is 0 Å². The zero-order valence-electron chi connectivity index (χ0n) is 9.36. The molecular formula is C10H8N6O2. The smallest absolute Gasteiger partial charge is 0.360 e. The molecule has 8 heteroatoms. The maximum absolute atomic E-state index is 11.4. The Morgan fingerprint density at radius 1 is 1.50 bits per heavy atom. The fourth-order valence-corrected chi connectivity index (χ4v) is 1.33.